The summed E-state index contributed by atoms with van der Waals surface area (Å²) >= 11 is 0. The van der Waals surface area contributed by atoms with Gasteiger partial charge in [0.05, 0.1) is 5.56 Å². The van der Waals surface area contributed by atoms with E-state index in [0.29, 0.717) is 38.2 Å². The fourth-order valence-electron chi connectivity index (χ4n) is 3.89. The summed E-state index contributed by atoms with van der Waals surface area (Å²) in [7, 11) is -3.44. The van der Waals surface area contributed by atoms with E-state index in [1.807, 2.05) is 12.1 Å². The number of hydrogen-bond acceptors (Lipinski definition) is 5. The molecule has 0 unspecified atom stereocenters. The lowest BCUT2D eigenvalue weighted by molar-refractivity contribution is -0.142. The van der Waals surface area contributed by atoms with Crippen molar-refractivity contribution in [2.45, 2.75) is 25.4 Å². The first-order valence-corrected chi connectivity index (χ1v) is 10.7. The van der Waals surface area contributed by atoms with Gasteiger partial charge in [-0.2, -0.15) is 17.0 Å². The van der Waals surface area contributed by atoms with Gasteiger partial charge in [0.1, 0.15) is 0 Å². The van der Waals surface area contributed by atoms with Gasteiger partial charge < -0.3 is 9.64 Å². The predicted octanol–water partition coefficient (Wildman–Crippen LogP) is 0.253. The smallest absolute Gasteiger partial charge is 0.339 e. The van der Waals surface area contributed by atoms with Crippen LogP contribution in [0, 0.1) is 0 Å². The maximum atomic E-state index is 12.8. The second-order valence-electron chi connectivity index (χ2n) is 7.09. The molecule has 1 atom stereocenters. The molecular weight excluding hydrogens is 370 g/mol. The van der Waals surface area contributed by atoms with Crippen molar-refractivity contribution in [1.82, 2.24) is 13.5 Å². The van der Waals surface area contributed by atoms with E-state index in [4.69, 9.17) is 4.74 Å². The van der Waals surface area contributed by atoms with Gasteiger partial charge in [0.2, 0.25) is 0 Å². The Hall–Kier alpha value is -1.97. The number of amides is 1. The molecule has 0 radical (unpaired) electrons. The molecule has 0 N–H and O–H groups in total. The molecule has 3 heterocycles. The quantitative estimate of drug-likeness (QED) is 0.687. The third-order valence-electron chi connectivity index (χ3n) is 5.44. The number of esters is 1. The molecule has 146 valence electrons. The highest BCUT2D eigenvalue weighted by molar-refractivity contribution is 7.86. The maximum Gasteiger partial charge on any atom is 0.339 e. The Labute approximate surface area is 158 Å². The number of benzene rings is 1. The molecule has 1 amide bonds. The van der Waals surface area contributed by atoms with Gasteiger partial charge in [-0.15, -0.1) is 0 Å². The fourth-order valence-corrected chi connectivity index (χ4v) is 5.57. The Bertz CT molecular complexity index is 842. The van der Waals surface area contributed by atoms with E-state index >= 15 is 0 Å². The number of cyclic esters (lactones) is 1. The van der Waals surface area contributed by atoms with Crippen molar-refractivity contribution in [3.05, 3.63) is 35.4 Å². The third kappa shape index (κ3) is 3.46. The van der Waals surface area contributed by atoms with Gasteiger partial charge in [-0.25, -0.2) is 4.79 Å². The molecule has 0 aliphatic carbocycles. The van der Waals surface area contributed by atoms with E-state index < -0.39 is 22.3 Å². The van der Waals surface area contributed by atoms with Crippen molar-refractivity contribution < 1.29 is 22.7 Å². The van der Waals surface area contributed by atoms with Crippen molar-refractivity contribution in [3.63, 3.8) is 0 Å². The molecule has 8 nitrogen and oxygen atoms in total. The second-order valence-corrected chi connectivity index (χ2v) is 9.02. The Morgan fingerprint density at radius 3 is 2.30 bits per heavy atom. The van der Waals surface area contributed by atoms with Crippen LogP contribution in [0.5, 0.6) is 0 Å². The van der Waals surface area contributed by atoms with Gasteiger partial charge in [0, 0.05) is 45.7 Å². The fraction of sp³-hybridized carbons (Fsp3) is 0.556. The van der Waals surface area contributed by atoms with Gasteiger partial charge in [0.15, 0.2) is 6.10 Å². The molecule has 0 spiro atoms. The Kier molecular flexibility index (Phi) is 4.92. The maximum absolute atomic E-state index is 12.8. The number of nitrogens with zero attached hydrogens (tertiary/aromatic N) is 3. The van der Waals surface area contributed by atoms with Gasteiger partial charge in [-0.3, -0.25) is 4.79 Å². The molecule has 27 heavy (non-hydrogen) atoms. The standard InChI is InChI=1S/C18H23N3O5S/c22-17(16-13-14-5-1-2-6-15(14)18(23)26-16)19-9-11-21(12-10-19)27(24,25)20-7-3-4-8-20/h1-2,5-6,16H,3-4,7-13H2/t16-/m1/s1. The third-order valence-corrected chi connectivity index (χ3v) is 7.47. The van der Waals surface area contributed by atoms with Crippen LogP contribution >= 0.6 is 0 Å². The Morgan fingerprint density at radius 2 is 1.59 bits per heavy atom. The molecule has 3 aliphatic heterocycles. The summed E-state index contributed by atoms with van der Waals surface area (Å²) in [6, 6.07) is 7.13. The topological polar surface area (TPSA) is 87.2 Å². The number of carbonyl (C=O) groups is 2. The molecule has 2 saturated heterocycles. The largest absolute Gasteiger partial charge is 0.448 e. The van der Waals surface area contributed by atoms with E-state index in [1.54, 1.807) is 17.0 Å². The zero-order valence-electron chi connectivity index (χ0n) is 15.0. The van der Waals surface area contributed by atoms with E-state index in [2.05, 4.69) is 0 Å². The monoisotopic (exact) mass is 393 g/mol. The highest BCUT2D eigenvalue weighted by Gasteiger charge is 2.38. The van der Waals surface area contributed by atoms with Crippen LogP contribution in [0.15, 0.2) is 24.3 Å². The number of piperazine rings is 1. The number of rotatable bonds is 3. The second kappa shape index (κ2) is 7.21. The summed E-state index contributed by atoms with van der Waals surface area (Å²) in [5, 5.41) is 0. The summed E-state index contributed by atoms with van der Waals surface area (Å²) in [6.45, 7) is 2.28. The number of fused-ring (bicyclic) bond motifs is 1. The van der Waals surface area contributed by atoms with Crippen LogP contribution in [0.2, 0.25) is 0 Å². The van der Waals surface area contributed by atoms with Gasteiger partial charge in [-0.05, 0) is 24.5 Å². The lowest BCUT2D eigenvalue weighted by Crippen LogP contribution is -2.56. The zero-order chi connectivity index (χ0) is 19.0. The average molecular weight is 393 g/mol. The highest BCUT2D eigenvalue weighted by Crippen LogP contribution is 2.23. The van der Waals surface area contributed by atoms with Crippen molar-refractivity contribution in [3.8, 4) is 0 Å². The lowest BCUT2D eigenvalue weighted by atomic mass is 9.98. The molecule has 0 bridgehead atoms. The number of ether oxygens (including phenoxy) is 1. The minimum absolute atomic E-state index is 0.254. The Balaban J connectivity index is 1.39. The zero-order valence-corrected chi connectivity index (χ0v) is 15.9. The van der Waals surface area contributed by atoms with E-state index in [0.717, 1.165) is 18.4 Å². The molecule has 2 fully saturated rings. The van der Waals surface area contributed by atoms with Crippen molar-refractivity contribution >= 4 is 22.1 Å². The first-order chi connectivity index (χ1) is 13.0. The van der Waals surface area contributed by atoms with Gasteiger partial charge >= 0.3 is 5.97 Å². The SMILES string of the molecule is O=C1O[C@@H](C(=O)N2CCN(S(=O)(=O)N3CCCC3)CC2)Cc2ccccc21. The summed E-state index contributed by atoms with van der Waals surface area (Å²) in [4.78, 5) is 26.5. The van der Waals surface area contributed by atoms with E-state index in [1.165, 1.54) is 8.61 Å². The van der Waals surface area contributed by atoms with Gasteiger partial charge in [0.25, 0.3) is 16.1 Å². The van der Waals surface area contributed by atoms with Crippen LogP contribution in [-0.2, 0) is 26.2 Å². The van der Waals surface area contributed by atoms with E-state index in [-0.39, 0.29) is 19.0 Å². The van der Waals surface area contributed by atoms with Crippen molar-refractivity contribution in [2.24, 2.45) is 0 Å². The van der Waals surface area contributed by atoms with Crippen molar-refractivity contribution in [1.29, 1.82) is 0 Å². The average Bonchev–Trinajstić information content (AvgIpc) is 3.23. The van der Waals surface area contributed by atoms with Crippen molar-refractivity contribution in [2.75, 3.05) is 39.3 Å². The molecule has 1 aromatic carbocycles. The summed E-state index contributed by atoms with van der Waals surface area (Å²) < 4.78 is 33.6. The summed E-state index contributed by atoms with van der Waals surface area (Å²) in [5.74, 6) is -0.735. The van der Waals surface area contributed by atoms with Crippen LogP contribution in [0.1, 0.15) is 28.8 Å². The minimum Gasteiger partial charge on any atom is -0.448 e. The first-order valence-electron chi connectivity index (χ1n) is 9.30. The number of carbonyl (C=O) groups excluding carboxylic acids is 2. The van der Waals surface area contributed by atoms with Crippen LogP contribution in [0.3, 0.4) is 0 Å². The molecule has 0 saturated carbocycles. The highest BCUT2D eigenvalue weighted by atomic mass is 32.2. The molecule has 0 aromatic heterocycles. The minimum atomic E-state index is -3.44. The molecular formula is C18H23N3O5S. The normalized spacial score (nSPS) is 24.5. The number of hydrogen-bond donors (Lipinski definition) is 0. The van der Waals surface area contributed by atoms with Crippen LogP contribution in [0.4, 0.5) is 0 Å². The summed E-state index contributed by atoms with van der Waals surface area (Å²) in [5.41, 5.74) is 1.31. The van der Waals surface area contributed by atoms with Crippen LogP contribution in [-0.4, -0.2) is 79.2 Å². The predicted molar refractivity (Wildman–Crippen MR) is 97.2 cm³/mol. The van der Waals surface area contributed by atoms with E-state index in [9.17, 15) is 18.0 Å². The lowest BCUT2D eigenvalue weighted by Gasteiger charge is -2.37. The summed E-state index contributed by atoms with van der Waals surface area (Å²) in [6.07, 6.45) is 1.31. The van der Waals surface area contributed by atoms with Crippen LogP contribution in [0.25, 0.3) is 0 Å². The molecule has 1 aromatic rings. The molecule has 9 heteroatoms. The van der Waals surface area contributed by atoms with Crippen LogP contribution < -0.4 is 0 Å². The Morgan fingerprint density at radius 1 is 0.963 bits per heavy atom. The molecule has 4 rings (SSSR count). The first kappa shape index (κ1) is 18.4. The molecule has 3 aliphatic rings. The van der Waals surface area contributed by atoms with Gasteiger partial charge in [-0.1, -0.05) is 18.2 Å².